The van der Waals surface area contributed by atoms with Crippen molar-refractivity contribution in [2.75, 3.05) is 13.2 Å². The number of rotatable bonds is 67. The molecule has 0 saturated carbocycles. The standard InChI is InChI=1S/C75H139NO5/c1-3-5-7-9-11-13-15-17-19-20-21-22-28-31-34-37-40-43-47-51-55-59-63-67-73(78)72(71-77)76-74(79)68-64-60-56-52-48-44-41-38-35-32-29-26-24-23-25-27-30-33-36-39-42-46-50-54-58-62-66-70-81-75(80)69-65-61-57-53-49-45-18-16-14-12-10-8-6-4-2/h10,12,16,18,23-24,27,30,63,67,72-73,77-78H,3-9,11,13-15,17,19-22,25-26,28-29,31-62,64-66,68-71H2,1-2H3,(H,76,79)/b12-10-,18-16-,24-23-,30-27-,67-63+. The molecule has 0 aliphatic rings. The number of carbonyl (C=O) groups is 2. The number of unbranched alkanes of at least 4 members (excludes halogenated alkanes) is 48. The van der Waals surface area contributed by atoms with Crippen molar-refractivity contribution in [3.63, 3.8) is 0 Å². The zero-order valence-corrected chi connectivity index (χ0v) is 54.3. The molecule has 2 atom stereocenters. The van der Waals surface area contributed by atoms with E-state index in [1.165, 1.54) is 295 Å². The summed E-state index contributed by atoms with van der Waals surface area (Å²) in [5.41, 5.74) is 0. The lowest BCUT2D eigenvalue weighted by Gasteiger charge is -2.20. The van der Waals surface area contributed by atoms with E-state index >= 15 is 0 Å². The van der Waals surface area contributed by atoms with Crippen LogP contribution in [0.25, 0.3) is 0 Å². The number of aliphatic hydroxyl groups excluding tert-OH is 2. The van der Waals surface area contributed by atoms with Gasteiger partial charge >= 0.3 is 5.97 Å². The van der Waals surface area contributed by atoms with E-state index in [0.717, 1.165) is 57.8 Å². The summed E-state index contributed by atoms with van der Waals surface area (Å²) >= 11 is 0. The van der Waals surface area contributed by atoms with Crippen molar-refractivity contribution in [2.45, 2.75) is 392 Å². The molecule has 6 heteroatoms. The van der Waals surface area contributed by atoms with Gasteiger partial charge in [-0.15, -0.1) is 0 Å². The fraction of sp³-hybridized carbons (Fsp3) is 0.840. The van der Waals surface area contributed by atoms with E-state index in [9.17, 15) is 19.8 Å². The Bertz CT molecular complexity index is 1400. The molecule has 0 spiro atoms. The van der Waals surface area contributed by atoms with Gasteiger partial charge in [0.05, 0.1) is 25.4 Å². The Morgan fingerprint density at radius 3 is 0.975 bits per heavy atom. The Hall–Kier alpha value is -2.44. The van der Waals surface area contributed by atoms with Crippen LogP contribution in [-0.4, -0.2) is 47.4 Å². The molecule has 0 saturated heterocycles. The maximum absolute atomic E-state index is 12.5. The van der Waals surface area contributed by atoms with Crippen LogP contribution in [0.3, 0.4) is 0 Å². The normalized spacial score (nSPS) is 12.9. The smallest absolute Gasteiger partial charge is 0.305 e. The summed E-state index contributed by atoms with van der Waals surface area (Å²) in [7, 11) is 0. The summed E-state index contributed by atoms with van der Waals surface area (Å²) in [5.74, 6) is -0.0727. The zero-order chi connectivity index (χ0) is 58.5. The SMILES string of the molecule is CCCC/C=C\C/C=C\CCCCCCCC(=O)OCCCCCCCCCCC/C=C\C/C=C\CCCCCCCCCCCCCC(=O)NC(CO)C(O)/C=C/CCCCCCCCCCCCCCCCCCCCCCC. The summed E-state index contributed by atoms with van der Waals surface area (Å²) in [5, 5.41) is 23.3. The molecule has 81 heavy (non-hydrogen) atoms. The van der Waals surface area contributed by atoms with Gasteiger partial charge in [-0.3, -0.25) is 9.59 Å². The second kappa shape index (κ2) is 70.0. The van der Waals surface area contributed by atoms with Crippen LogP contribution in [0.4, 0.5) is 0 Å². The third kappa shape index (κ3) is 66.6. The van der Waals surface area contributed by atoms with Gasteiger partial charge in [0.25, 0.3) is 0 Å². The Morgan fingerprint density at radius 2 is 0.630 bits per heavy atom. The van der Waals surface area contributed by atoms with Gasteiger partial charge in [-0.05, 0) is 89.9 Å². The molecular weight excluding hydrogens is 995 g/mol. The predicted octanol–water partition coefficient (Wildman–Crippen LogP) is 23.4. The van der Waals surface area contributed by atoms with Crippen LogP contribution in [0.5, 0.6) is 0 Å². The first kappa shape index (κ1) is 78.6. The van der Waals surface area contributed by atoms with Crippen LogP contribution in [0.1, 0.15) is 380 Å². The number of hydrogen-bond donors (Lipinski definition) is 3. The highest BCUT2D eigenvalue weighted by Gasteiger charge is 2.18. The van der Waals surface area contributed by atoms with Crippen molar-refractivity contribution in [1.29, 1.82) is 0 Å². The maximum Gasteiger partial charge on any atom is 0.305 e. The van der Waals surface area contributed by atoms with Gasteiger partial charge in [0.2, 0.25) is 5.91 Å². The van der Waals surface area contributed by atoms with Crippen LogP contribution >= 0.6 is 0 Å². The Morgan fingerprint density at radius 1 is 0.346 bits per heavy atom. The van der Waals surface area contributed by atoms with E-state index in [2.05, 4.69) is 67.8 Å². The molecule has 474 valence electrons. The first-order chi connectivity index (χ1) is 40.0. The molecule has 0 radical (unpaired) electrons. The summed E-state index contributed by atoms with van der Waals surface area (Å²) in [4.78, 5) is 24.6. The van der Waals surface area contributed by atoms with E-state index < -0.39 is 12.1 Å². The topological polar surface area (TPSA) is 95.9 Å². The largest absolute Gasteiger partial charge is 0.466 e. The molecule has 0 aliphatic heterocycles. The molecular formula is C75H139NO5. The van der Waals surface area contributed by atoms with Crippen molar-refractivity contribution in [2.24, 2.45) is 0 Å². The van der Waals surface area contributed by atoms with Gasteiger partial charge in [0, 0.05) is 12.8 Å². The molecule has 3 N–H and O–H groups in total. The van der Waals surface area contributed by atoms with Crippen molar-refractivity contribution >= 4 is 11.9 Å². The minimum Gasteiger partial charge on any atom is -0.466 e. The zero-order valence-electron chi connectivity index (χ0n) is 54.3. The molecule has 0 bridgehead atoms. The highest BCUT2D eigenvalue weighted by molar-refractivity contribution is 5.76. The van der Waals surface area contributed by atoms with E-state index in [4.69, 9.17) is 4.74 Å². The minimum absolute atomic E-state index is 0.00448. The third-order valence-corrected chi connectivity index (χ3v) is 16.5. The average Bonchev–Trinajstić information content (AvgIpc) is 3.47. The second-order valence-electron chi connectivity index (χ2n) is 24.6. The Labute approximate surface area is 505 Å². The lowest BCUT2D eigenvalue weighted by atomic mass is 10.0. The monoisotopic (exact) mass is 1130 g/mol. The number of amides is 1. The number of hydrogen-bond acceptors (Lipinski definition) is 5. The summed E-state index contributed by atoms with van der Waals surface area (Å²) in [6.45, 7) is 4.88. The molecule has 0 aromatic heterocycles. The van der Waals surface area contributed by atoms with Crippen LogP contribution < -0.4 is 5.32 Å². The fourth-order valence-corrected chi connectivity index (χ4v) is 11.0. The molecule has 0 aliphatic carbocycles. The molecule has 0 aromatic rings. The fourth-order valence-electron chi connectivity index (χ4n) is 11.0. The van der Waals surface area contributed by atoms with Gasteiger partial charge in [-0.1, -0.05) is 338 Å². The van der Waals surface area contributed by atoms with Crippen LogP contribution in [0.15, 0.2) is 60.8 Å². The third-order valence-electron chi connectivity index (χ3n) is 16.5. The Kier molecular flexibility index (Phi) is 67.9. The number of carbonyl (C=O) groups excluding carboxylic acids is 2. The number of allylic oxidation sites excluding steroid dienone is 9. The summed E-state index contributed by atoms with van der Waals surface area (Å²) < 4.78 is 5.47. The maximum atomic E-state index is 12.5. The quantitative estimate of drug-likeness (QED) is 0.0320. The molecule has 6 nitrogen and oxygen atoms in total. The van der Waals surface area contributed by atoms with E-state index in [1.807, 2.05) is 6.08 Å². The number of aliphatic hydroxyl groups is 2. The molecule has 2 unspecified atom stereocenters. The van der Waals surface area contributed by atoms with Gasteiger partial charge in [0.15, 0.2) is 0 Å². The molecule has 0 aromatic carbocycles. The summed E-state index contributed by atoms with van der Waals surface area (Å²) in [6.07, 6.45) is 93.0. The van der Waals surface area contributed by atoms with E-state index in [-0.39, 0.29) is 18.5 Å². The van der Waals surface area contributed by atoms with E-state index in [1.54, 1.807) is 6.08 Å². The lowest BCUT2D eigenvalue weighted by molar-refractivity contribution is -0.143. The minimum atomic E-state index is -0.849. The first-order valence-electron chi connectivity index (χ1n) is 36.1. The average molecular weight is 1130 g/mol. The summed E-state index contributed by atoms with van der Waals surface area (Å²) in [6, 6.07) is -0.633. The second-order valence-corrected chi connectivity index (χ2v) is 24.6. The number of ether oxygens (including phenoxy) is 1. The van der Waals surface area contributed by atoms with Crippen molar-refractivity contribution in [3.05, 3.63) is 60.8 Å². The van der Waals surface area contributed by atoms with Gasteiger partial charge in [0.1, 0.15) is 0 Å². The van der Waals surface area contributed by atoms with Crippen molar-refractivity contribution in [3.8, 4) is 0 Å². The molecule has 0 rings (SSSR count). The predicted molar refractivity (Wildman–Crippen MR) is 356 cm³/mol. The molecule has 1 amide bonds. The van der Waals surface area contributed by atoms with Gasteiger partial charge < -0.3 is 20.3 Å². The van der Waals surface area contributed by atoms with Crippen molar-refractivity contribution < 1.29 is 24.5 Å². The highest BCUT2D eigenvalue weighted by Crippen LogP contribution is 2.18. The molecule has 0 heterocycles. The first-order valence-corrected chi connectivity index (χ1v) is 36.1. The Balaban J connectivity index is 3.46. The van der Waals surface area contributed by atoms with Crippen LogP contribution in [-0.2, 0) is 14.3 Å². The van der Waals surface area contributed by atoms with Crippen molar-refractivity contribution in [1.82, 2.24) is 5.32 Å². The number of nitrogens with one attached hydrogen (secondary N) is 1. The molecule has 0 fully saturated rings. The lowest BCUT2D eigenvalue weighted by Crippen LogP contribution is -2.45. The van der Waals surface area contributed by atoms with Gasteiger partial charge in [-0.25, -0.2) is 0 Å². The van der Waals surface area contributed by atoms with Crippen LogP contribution in [0.2, 0.25) is 0 Å². The van der Waals surface area contributed by atoms with E-state index in [0.29, 0.717) is 19.4 Å². The number of esters is 1. The van der Waals surface area contributed by atoms with Gasteiger partial charge in [-0.2, -0.15) is 0 Å². The highest BCUT2D eigenvalue weighted by atomic mass is 16.5. The van der Waals surface area contributed by atoms with Crippen LogP contribution in [0, 0.1) is 0 Å².